The molecule has 1 aliphatic heterocycles. The molecule has 1 aromatic heterocycles. The molecule has 3 aromatic rings. The van der Waals surface area contributed by atoms with Crippen LogP contribution >= 0.6 is 22.9 Å². The normalized spacial score (nSPS) is 16.1. The molecule has 0 spiro atoms. The van der Waals surface area contributed by atoms with Crippen LogP contribution in [-0.4, -0.2) is 39.5 Å². The Hall–Kier alpha value is -2.77. The first-order chi connectivity index (χ1) is 14.0. The lowest BCUT2D eigenvalue weighted by atomic mass is 10.1. The van der Waals surface area contributed by atoms with Crippen LogP contribution in [0.2, 0.25) is 5.02 Å². The third-order valence-electron chi connectivity index (χ3n) is 4.83. The van der Waals surface area contributed by atoms with Gasteiger partial charge >= 0.3 is 0 Å². The van der Waals surface area contributed by atoms with Crippen LogP contribution in [0.3, 0.4) is 0 Å². The predicted molar refractivity (Wildman–Crippen MR) is 114 cm³/mol. The fourth-order valence-electron chi connectivity index (χ4n) is 3.40. The fourth-order valence-corrected chi connectivity index (χ4v) is 4.27. The first kappa shape index (κ1) is 19.5. The van der Waals surface area contributed by atoms with E-state index < -0.39 is 6.04 Å². The number of benzene rings is 2. The van der Waals surface area contributed by atoms with Crippen LogP contribution in [0.1, 0.15) is 28.8 Å². The van der Waals surface area contributed by atoms with Crippen molar-refractivity contribution in [3.63, 3.8) is 0 Å². The van der Waals surface area contributed by atoms with Crippen molar-refractivity contribution in [1.29, 1.82) is 0 Å². The molecule has 0 bridgehead atoms. The van der Waals surface area contributed by atoms with E-state index in [1.54, 1.807) is 29.2 Å². The first-order valence-corrected chi connectivity index (χ1v) is 10.5. The Bertz CT molecular complexity index is 1050. The largest absolute Gasteiger partial charge is 0.327 e. The zero-order chi connectivity index (χ0) is 20.4. The zero-order valence-electron chi connectivity index (χ0n) is 15.8. The molecule has 1 N–H and O–H groups in total. The van der Waals surface area contributed by atoms with Crippen molar-refractivity contribution in [1.82, 2.24) is 15.1 Å². The lowest BCUT2D eigenvalue weighted by molar-refractivity contribution is -0.119. The van der Waals surface area contributed by atoms with E-state index in [1.807, 2.05) is 31.2 Å². The standard InChI is InChI=1S/C21H19ClN4O2S/c1-13-4-2-5-15(12-13)19-24-25-21(29-19)23-18(27)17-6-3-11-26(17)20(28)14-7-9-16(22)10-8-14/h2,4-5,7-10,12,17H,3,6,11H2,1H3,(H,23,25,27). The van der Waals surface area contributed by atoms with Crippen molar-refractivity contribution < 1.29 is 9.59 Å². The van der Waals surface area contributed by atoms with Gasteiger partial charge < -0.3 is 4.90 Å². The minimum Gasteiger partial charge on any atom is -0.327 e. The number of aryl methyl sites for hydroxylation is 1. The summed E-state index contributed by atoms with van der Waals surface area (Å²) in [4.78, 5) is 27.3. The average molecular weight is 427 g/mol. The highest BCUT2D eigenvalue weighted by atomic mass is 35.5. The number of hydrogen-bond donors (Lipinski definition) is 1. The third-order valence-corrected chi connectivity index (χ3v) is 5.97. The highest BCUT2D eigenvalue weighted by Crippen LogP contribution is 2.28. The monoisotopic (exact) mass is 426 g/mol. The molecule has 6 nitrogen and oxygen atoms in total. The Morgan fingerprint density at radius 2 is 1.97 bits per heavy atom. The highest BCUT2D eigenvalue weighted by molar-refractivity contribution is 7.18. The number of hydrogen-bond acceptors (Lipinski definition) is 5. The summed E-state index contributed by atoms with van der Waals surface area (Å²) in [6.07, 6.45) is 1.40. The maximum atomic E-state index is 12.8. The molecule has 1 fully saturated rings. The van der Waals surface area contributed by atoms with Crippen molar-refractivity contribution in [3.8, 4) is 10.6 Å². The van der Waals surface area contributed by atoms with Gasteiger partial charge in [0.1, 0.15) is 11.0 Å². The molecule has 148 valence electrons. The molecule has 0 radical (unpaired) electrons. The van der Waals surface area contributed by atoms with E-state index in [4.69, 9.17) is 11.6 Å². The smallest absolute Gasteiger partial charge is 0.254 e. The number of nitrogens with one attached hydrogen (secondary N) is 1. The molecule has 1 aliphatic rings. The summed E-state index contributed by atoms with van der Waals surface area (Å²) in [7, 11) is 0. The van der Waals surface area contributed by atoms with Crippen LogP contribution < -0.4 is 5.32 Å². The van der Waals surface area contributed by atoms with Crippen molar-refractivity contribution in [2.24, 2.45) is 0 Å². The molecule has 2 heterocycles. The Kier molecular flexibility index (Phi) is 5.60. The van der Waals surface area contributed by atoms with Crippen molar-refractivity contribution in [2.45, 2.75) is 25.8 Å². The fraction of sp³-hybridized carbons (Fsp3) is 0.238. The summed E-state index contributed by atoms with van der Waals surface area (Å²) in [5.74, 6) is -0.409. The van der Waals surface area contributed by atoms with E-state index in [1.165, 1.54) is 11.3 Å². The molecule has 1 atom stereocenters. The number of rotatable bonds is 4. The summed E-state index contributed by atoms with van der Waals surface area (Å²) in [5, 5.41) is 12.8. The van der Waals surface area contributed by atoms with Gasteiger partial charge in [0.2, 0.25) is 11.0 Å². The van der Waals surface area contributed by atoms with Crippen molar-refractivity contribution in [3.05, 3.63) is 64.7 Å². The summed E-state index contributed by atoms with van der Waals surface area (Å²) in [6.45, 7) is 2.56. The Balaban J connectivity index is 1.46. The van der Waals surface area contributed by atoms with Gasteiger partial charge in [0.25, 0.3) is 5.91 Å². The van der Waals surface area contributed by atoms with Gasteiger partial charge in [-0.05, 0) is 50.1 Å². The molecule has 0 saturated carbocycles. The molecular formula is C21H19ClN4O2S. The summed E-state index contributed by atoms with van der Waals surface area (Å²) >= 11 is 7.22. The summed E-state index contributed by atoms with van der Waals surface area (Å²) < 4.78 is 0. The van der Waals surface area contributed by atoms with E-state index in [9.17, 15) is 9.59 Å². The van der Waals surface area contributed by atoms with Crippen molar-refractivity contribution in [2.75, 3.05) is 11.9 Å². The number of carbonyl (C=O) groups is 2. The molecule has 4 rings (SSSR count). The van der Waals surface area contributed by atoms with Gasteiger partial charge in [-0.15, -0.1) is 10.2 Å². The summed E-state index contributed by atoms with van der Waals surface area (Å²) in [6, 6.07) is 14.1. The lowest BCUT2D eigenvalue weighted by Crippen LogP contribution is -2.43. The topological polar surface area (TPSA) is 75.2 Å². The van der Waals surface area contributed by atoms with Gasteiger partial charge in [0.15, 0.2) is 0 Å². The van der Waals surface area contributed by atoms with Crippen LogP contribution in [0.4, 0.5) is 5.13 Å². The first-order valence-electron chi connectivity index (χ1n) is 9.29. The Morgan fingerprint density at radius 1 is 1.17 bits per heavy atom. The number of likely N-dealkylation sites (tertiary alicyclic amines) is 1. The van der Waals surface area contributed by atoms with Gasteiger partial charge in [-0.2, -0.15) is 0 Å². The SMILES string of the molecule is Cc1cccc(-c2nnc(NC(=O)C3CCCN3C(=O)c3ccc(Cl)cc3)s2)c1. The van der Waals surface area contributed by atoms with E-state index in [0.717, 1.165) is 22.6 Å². The number of nitrogens with zero attached hydrogens (tertiary/aromatic N) is 3. The summed E-state index contributed by atoms with van der Waals surface area (Å²) in [5.41, 5.74) is 2.61. The minimum atomic E-state index is -0.524. The highest BCUT2D eigenvalue weighted by Gasteiger charge is 2.35. The van der Waals surface area contributed by atoms with E-state index in [2.05, 4.69) is 15.5 Å². The second-order valence-electron chi connectivity index (χ2n) is 6.93. The molecule has 8 heteroatoms. The van der Waals surface area contributed by atoms with Crippen molar-refractivity contribution >= 4 is 39.9 Å². The third kappa shape index (κ3) is 4.31. The second kappa shape index (κ2) is 8.31. The van der Waals surface area contributed by atoms with Crippen LogP contribution in [0, 0.1) is 6.92 Å². The van der Waals surface area contributed by atoms with Gasteiger partial charge in [0, 0.05) is 22.7 Å². The van der Waals surface area contributed by atoms with E-state index in [-0.39, 0.29) is 11.8 Å². The molecule has 1 saturated heterocycles. The average Bonchev–Trinajstić information content (AvgIpc) is 3.38. The van der Waals surface area contributed by atoms with Crippen LogP contribution in [-0.2, 0) is 4.79 Å². The molecule has 1 unspecified atom stereocenters. The quantitative estimate of drug-likeness (QED) is 0.670. The number of amides is 2. The van der Waals surface area contributed by atoms with Crippen LogP contribution in [0.5, 0.6) is 0 Å². The minimum absolute atomic E-state index is 0.169. The number of aromatic nitrogens is 2. The van der Waals surface area contributed by atoms with Gasteiger partial charge in [-0.3, -0.25) is 14.9 Å². The molecule has 0 aliphatic carbocycles. The maximum Gasteiger partial charge on any atom is 0.254 e. The van der Waals surface area contributed by atoms with Crippen LogP contribution in [0.15, 0.2) is 48.5 Å². The Labute approximate surface area is 177 Å². The van der Waals surface area contributed by atoms with Crippen LogP contribution in [0.25, 0.3) is 10.6 Å². The molecule has 2 amide bonds. The molecular weight excluding hydrogens is 408 g/mol. The van der Waals surface area contributed by atoms with E-state index >= 15 is 0 Å². The maximum absolute atomic E-state index is 12.8. The number of anilines is 1. The molecule has 2 aromatic carbocycles. The lowest BCUT2D eigenvalue weighted by Gasteiger charge is -2.23. The van der Waals surface area contributed by atoms with Gasteiger partial charge in [0.05, 0.1) is 0 Å². The zero-order valence-corrected chi connectivity index (χ0v) is 17.3. The number of carbonyl (C=O) groups excluding carboxylic acids is 2. The van der Waals surface area contributed by atoms with Gasteiger partial charge in [-0.25, -0.2) is 0 Å². The number of halogens is 1. The second-order valence-corrected chi connectivity index (χ2v) is 8.35. The van der Waals surface area contributed by atoms with E-state index in [0.29, 0.717) is 28.7 Å². The Morgan fingerprint density at radius 3 is 2.72 bits per heavy atom. The predicted octanol–water partition coefficient (Wildman–Crippen LogP) is 4.41. The van der Waals surface area contributed by atoms with Gasteiger partial charge in [-0.1, -0.05) is 46.7 Å². The molecule has 29 heavy (non-hydrogen) atoms.